The second-order valence-corrected chi connectivity index (χ2v) is 6.96. The molecular weight excluding hydrogens is 336 g/mol. The Kier molecular flexibility index (Phi) is 5.55. The van der Waals surface area contributed by atoms with Gasteiger partial charge in [-0.2, -0.15) is 4.98 Å². The molecule has 9 nitrogen and oxygen atoms in total. The standard InChI is InChI=1S/C17H26N6O3/c1-12(24)22-5-3-13(4-6-22)18-15-11-14(16(25)26)19-17(20-15)23-9-7-21(2)8-10-23/h11,13H,3-10H2,1-2H3,(H,25,26)(H,18,19,20). The Balaban J connectivity index is 1.72. The molecule has 0 spiro atoms. The Labute approximate surface area is 153 Å². The molecule has 0 bridgehead atoms. The molecule has 0 unspecified atom stereocenters. The quantitative estimate of drug-likeness (QED) is 0.791. The zero-order valence-corrected chi connectivity index (χ0v) is 15.3. The van der Waals surface area contributed by atoms with Gasteiger partial charge in [-0.25, -0.2) is 9.78 Å². The van der Waals surface area contributed by atoms with Crippen LogP contribution in [0.2, 0.25) is 0 Å². The van der Waals surface area contributed by atoms with Crippen LogP contribution in [0.5, 0.6) is 0 Å². The number of amides is 1. The van der Waals surface area contributed by atoms with Crippen LogP contribution < -0.4 is 10.2 Å². The Morgan fingerprint density at radius 3 is 2.35 bits per heavy atom. The number of rotatable bonds is 4. The van der Waals surface area contributed by atoms with Crippen LogP contribution in [0, 0.1) is 0 Å². The Bertz CT molecular complexity index is 666. The zero-order chi connectivity index (χ0) is 18.7. The van der Waals surface area contributed by atoms with Crippen LogP contribution in [-0.4, -0.2) is 89.1 Å². The van der Waals surface area contributed by atoms with Crippen LogP contribution in [0.25, 0.3) is 0 Å². The van der Waals surface area contributed by atoms with Crippen molar-refractivity contribution < 1.29 is 14.7 Å². The molecule has 2 N–H and O–H groups in total. The number of carboxylic acid groups (broad SMARTS) is 1. The molecule has 1 amide bonds. The van der Waals surface area contributed by atoms with Crippen molar-refractivity contribution in [1.29, 1.82) is 0 Å². The number of piperidine rings is 1. The average Bonchev–Trinajstić information content (AvgIpc) is 2.62. The Hall–Kier alpha value is -2.42. The molecule has 2 aliphatic rings. The van der Waals surface area contributed by atoms with Gasteiger partial charge in [0.1, 0.15) is 5.82 Å². The molecule has 0 saturated carbocycles. The monoisotopic (exact) mass is 362 g/mol. The number of carboxylic acids is 1. The van der Waals surface area contributed by atoms with Crippen molar-refractivity contribution in [2.75, 3.05) is 56.5 Å². The molecule has 3 rings (SSSR count). The number of carbonyl (C=O) groups is 2. The number of likely N-dealkylation sites (N-methyl/N-ethyl adjacent to an activating group) is 1. The summed E-state index contributed by atoms with van der Waals surface area (Å²) >= 11 is 0. The molecule has 0 aliphatic carbocycles. The number of nitrogens with one attached hydrogen (secondary N) is 1. The van der Waals surface area contributed by atoms with Crippen LogP contribution in [0.4, 0.5) is 11.8 Å². The van der Waals surface area contributed by atoms with E-state index in [-0.39, 0.29) is 17.6 Å². The highest BCUT2D eigenvalue weighted by Gasteiger charge is 2.23. The number of nitrogens with zero attached hydrogens (tertiary/aromatic N) is 5. The Morgan fingerprint density at radius 1 is 1.12 bits per heavy atom. The van der Waals surface area contributed by atoms with E-state index in [0.29, 0.717) is 24.9 Å². The van der Waals surface area contributed by atoms with Crippen LogP contribution in [0.1, 0.15) is 30.3 Å². The maximum absolute atomic E-state index is 11.5. The van der Waals surface area contributed by atoms with Crippen molar-refractivity contribution in [3.05, 3.63) is 11.8 Å². The number of hydrogen-bond acceptors (Lipinski definition) is 7. The van der Waals surface area contributed by atoms with Gasteiger partial charge < -0.3 is 25.1 Å². The largest absolute Gasteiger partial charge is 0.477 e. The molecule has 1 aromatic heterocycles. The van der Waals surface area contributed by atoms with Crippen LogP contribution in [-0.2, 0) is 4.79 Å². The first-order chi connectivity index (χ1) is 12.4. The number of anilines is 2. The molecule has 0 radical (unpaired) electrons. The fourth-order valence-corrected chi connectivity index (χ4v) is 3.31. The number of aromatic nitrogens is 2. The van der Waals surface area contributed by atoms with E-state index in [1.807, 2.05) is 9.80 Å². The Morgan fingerprint density at radius 2 is 1.77 bits per heavy atom. The smallest absolute Gasteiger partial charge is 0.354 e. The van der Waals surface area contributed by atoms with Gasteiger partial charge in [-0.15, -0.1) is 0 Å². The maximum atomic E-state index is 11.5. The minimum atomic E-state index is -1.06. The molecule has 9 heteroatoms. The predicted octanol–water partition coefficient (Wildman–Crippen LogP) is 0.349. The summed E-state index contributed by atoms with van der Waals surface area (Å²) in [5.74, 6) is 0.0301. The van der Waals surface area contributed by atoms with Crippen molar-refractivity contribution in [2.24, 2.45) is 0 Å². The number of hydrogen-bond donors (Lipinski definition) is 2. The van der Waals surface area contributed by atoms with E-state index in [9.17, 15) is 14.7 Å². The third kappa shape index (κ3) is 4.40. The summed E-state index contributed by atoms with van der Waals surface area (Å²) in [5, 5.41) is 12.7. The highest BCUT2D eigenvalue weighted by Crippen LogP contribution is 2.19. The first kappa shape index (κ1) is 18.4. The first-order valence-corrected chi connectivity index (χ1v) is 9.00. The lowest BCUT2D eigenvalue weighted by Crippen LogP contribution is -2.45. The summed E-state index contributed by atoms with van der Waals surface area (Å²) in [7, 11) is 2.06. The highest BCUT2D eigenvalue weighted by molar-refractivity contribution is 5.86. The minimum Gasteiger partial charge on any atom is -0.477 e. The summed E-state index contributed by atoms with van der Waals surface area (Å²) in [6, 6.07) is 1.65. The zero-order valence-electron chi connectivity index (χ0n) is 15.3. The minimum absolute atomic E-state index is 0.00222. The summed E-state index contributed by atoms with van der Waals surface area (Å²) in [4.78, 5) is 37.7. The SMILES string of the molecule is CC(=O)N1CCC(Nc2cc(C(=O)O)nc(N3CCN(C)CC3)n2)CC1. The van der Waals surface area contributed by atoms with Crippen molar-refractivity contribution in [1.82, 2.24) is 19.8 Å². The van der Waals surface area contributed by atoms with Gasteiger partial charge in [-0.3, -0.25) is 4.79 Å². The van der Waals surface area contributed by atoms with Crippen LogP contribution in [0.15, 0.2) is 6.07 Å². The number of carbonyl (C=O) groups excluding carboxylic acids is 1. The lowest BCUT2D eigenvalue weighted by atomic mass is 10.1. The average molecular weight is 362 g/mol. The van der Waals surface area contributed by atoms with Gasteiger partial charge in [-0.05, 0) is 19.9 Å². The van der Waals surface area contributed by atoms with E-state index in [4.69, 9.17) is 0 Å². The molecule has 2 fully saturated rings. The topological polar surface area (TPSA) is 102 Å². The van der Waals surface area contributed by atoms with E-state index < -0.39 is 5.97 Å². The fraction of sp³-hybridized carbons (Fsp3) is 0.647. The van der Waals surface area contributed by atoms with E-state index in [2.05, 4.69) is 27.2 Å². The summed E-state index contributed by atoms with van der Waals surface area (Å²) in [5.41, 5.74) is -0.00222. The molecule has 3 heterocycles. The van der Waals surface area contributed by atoms with E-state index in [1.54, 1.807) is 6.92 Å². The molecule has 2 aliphatic heterocycles. The third-order valence-corrected chi connectivity index (χ3v) is 5.01. The van der Waals surface area contributed by atoms with Crippen molar-refractivity contribution in [2.45, 2.75) is 25.8 Å². The van der Waals surface area contributed by atoms with Crippen LogP contribution >= 0.6 is 0 Å². The lowest BCUT2D eigenvalue weighted by molar-refractivity contribution is -0.129. The predicted molar refractivity (Wildman–Crippen MR) is 97.6 cm³/mol. The first-order valence-electron chi connectivity index (χ1n) is 9.00. The molecule has 26 heavy (non-hydrogen) atoms. The number of likely N-dealkylation sites (tertiary alicyclic amines) is 1. The van der Waals surface area contributed by atoms with Crippen molar-refractivity contribution in [3.63, 3.8) is 0 Å². The normalized spacial score (nSPS) is 19.5. The molecule has 0 atom stereocenters. The van der Waals surface area contributed by atoms with Crippen LogP contribution in [0.3, 0.4) is 0 Å². The second kappa shape index (κ2) is 7.86. The van der Waals surface area contributed by atoms with Gasteiger partial charge in [0.25, 0.3) is 0 Å². The number of aromatic carboxylic acids is 1. The summed E-state index contributed by atoms with van der Waals surface area (Å²) < 4.78 is 0. The lowest BCUT2D eigenvalue weighted by Gasteiger charge is -2.33. The maximum Gasteiger partial charge on any atom is 0.354 e. The van der Waals surface area contributed by atoms with Gasteiger partial charge in [0.2, 0.25) is 11.9 Å². The molecule has 1 aromatic rings. The van der Waals surface area contributed by atoms with Gasteiger partial charge in [0.05, 0.1) is 0 Å². The van der Waals surface area contributed by atoms with E-state index in [0.717, 1.165) is 39.0 Å². The van der Waals surface area contributed by atoms with Gasteiger partial charge in [0.15, 0.2) is 5.69 Å². The molecule has 142 valence electrons. The van der Waals surface area contributed by atoms with E-state index in [1.165, 1.54) is 6.07 Å². The molecule has 2 saturated heterocycles. The van der Waals surface area contributed by atoms with Gasteiger partial charge in [-0.1, -0.05) is 0 Å². The fourth-order valence-electron chi connectivity index (χ4n) is 3.31. The third-order valence-electron chi connectivity index (χ3n) is 5.01. The molecule has 0 aromatic carbocycles. The summed E-state index contributed by atoms with van der Waals surface area (Å²) in [6.45, 7) is 6.33. The van der Waals surface area contributed by atoms with Gasteiger partial charge >= 0.3 is 5.97 Å². The number of piperazine rings is 1. The van der Waals surface area contributed by atoms with Gasteiger partial charge in [0, 0.05) is 58.3 Å². The van der Waals surface area contributed by atoms with Crippen molar-refractivity contribution >= 4 is 23.6 Å². The highest BCUT2D eigenvalue weighted by atomic mass is 16.4. The molecular formula is C17H26N6O3. The second-order valence-electron chi connectivity index (χ2n) is 6.96. The van der Waals surface area contributed by atoms with Crippen molar-refractivity contribution in [3.8, 4) is 0 Å². The summed E-state index contributed by atoms with van der Waals surface area (Å²) in [6.07, 6.45) is 1.63. The van der Waals surface area contributed by atoms with E-state index >= 15 is 0 Å².